The fourth-order valence-electron chi connectivity index (χ4n) is 2.49. The summed E-state index contributed by atoms with van der Waals surface area (Å²) in [6.45, 7) is 3.79. The summed E-state index contributed by atoms with van der Waals surface area (Å²) >= 11 is 0. The van der Waals surface area contributed by atoms with Gasteiger partial charge in [-0.05, 0) is 17.5 Å². The molecule has 1 aromatic heterocycles. The van der Waals surface area contributed by atoms with Crippen LogP contribution in [0.4, 0.5) is 0 Å². The van der Waals surface area contributed by atoms with Crippen LogP contribution >= 0.6 is 0 Å². The average molecular weight is 242 g/mol. The Morgan fingerprint density at radius 3 is 3.06 bits per heavy atom. The second kappa shape index (κ2) is 4.94. The highest BCUT2D eigenvalue weighted by molar-refractivity contribution is 5.40. The Morgan fingerprint density at radius 2 is 2.28 bits per heavy atom. The molecule has 1 N–H and O–H groups in total. The van der Waals surface area contributed by atoms with Crippen LogP contribution in [-0.4, -0.2) is 11.5 Å². The van der Waals surface area contributed by atoms with Crippen molar-refractivity contribution < 1.29 is 4.42 Å². The molecule has 94 valence electrons. The lowest BCUT2D eigenvalue weighted by atomic mass is 9.78. The summed E-state index contributed by atoms with van der Waals surface area (Å²) in [4.78, 5) is 4.24. The van der Waals surface area contributed by atoms with Gasteiger partial charge in [0.1, 0.15) is 5.76 Å². The van der Waals surface area contributed by atoms with Crippen LogP contribution < -0.4 is 5.32 Å². The zero-order valence-corrected chi connectivity index (χ0v) is 10.6. The molecule has 1 aliphatic carbocycles. The van der Waals surface area contributed by atoms with Gasteiger partial charge in [-0.15, -0.1) is 0 Å². The lowest BCUT2D eigenvalue weighted by molar-refractivity contribution is 0.428. The van der Waals surface area contributed by atoms with Gasteiger partial charge in [0.25, 0.3) is 0 Å². The Kier molecular flexibility index (Phi) is 3.15. The van der Waals surface area contributed by atoms with Crippen LogP contribution in [0.2, 0.25) is 0 Å². The first-order valence-electron chi connectivity index (χ1n) is 6.59. The zero-order chi connectivity index (χ0) is 12.4. The van der Waals surface area contributed by atoms with Gasteiger partial charge in [-0.3, -0.25) is 0 Å². The van der Waals surface area contributed by atoms with Gasteiger partial charge in [0.05, 0.1) is 12.7 Å². The van der Waals surface area contributed by atoms with E-state index in [1.807, 2.05) is 6.20 Å². The molecule has 0 spiro atoms. The largest absolute Gasteiger partial charge is 0.444 e. The molecule has 3 heteroatoms. The van der Waals surface area contributed by atoms with Gasteiger partial charge in [-0.2, -0.15) is 0 Å². The van der Waals surface area contributed by atoms with E-state index >= 15 is 0 Å². The third kappa shape index (κ3) is 2.18. The van der Waals surface area contributed by atoms with E-state index in [9.17, 15) is 0 Å². The number of rotatable bonds is 5. The van der Waals surface area contributed by atoms with Gasteiger partial charge < -0.3 is 9.73 Å². The van der Waals surface area contributed by atoms with Crippen molar-refractivity contribution >= 4 is 0 Å². The number of benzene rings is 1. The first-order valence-corrected chi connectivity index (χ1v) is 6.59. The molecular weight excluding hydrogens is 224 g/mol. The topological polar surface area (TPSA) is 38.1 Å². The number of nitrogens with zero attached hydrogens (tertiary/aromatic N) is 1. The minimum atomic E-state index is 0.654. The van der Waals surface area contributed by atoms with Crippen molar-refractivity contribution in [2.75, 3.05) is 6.54 Å². The second-order valence-electron chi connectivity index (χ2n) is 4.80. The summed E-state index contributed by atoms with van der Waals surface area (Å²) in [5.74, 6) is 2.40. The maximum Gasteiger partial charge on any atom is 0.208 e. The minimum absolute atomic E-state index is 0.654. The van der Waals surface area contributed by atoms with Crippen LogP contribution in [0.15, 0.2) is 34.9 Å². The molecule has 0 radical (unpaired) electrons. The van der Waals surface area contributed by atoms with Crippen LogP contribution in [0.1, 0.15) is 35.6 Å². The Labute approximate surface area is 107 Å². The predicted octanol–water partition coefficient (Wildman–Crippen LogP) is 2.67. The highest BCUT2D eigenvalue weighted by Gasteiger charge is 2.24. The first-order chi connectivity index (χ1) is 8.86. The SMILES string of the molecule is CCc1cnc(CNCC2Cc3ccccc32)o1. The van der Waals surface area contributed by atoms with Crippen molar-refractivity contribution in [2.24, 2.45) is 0 Å². The van der Waals surface area contributed by atoms with E-state index in [2.05, 4.69) is 41.5 Å². The molecule has 1 heterocycles. The molecule has 3 nitrogen and oxygen atoms in total. The van der Waals surface area contributed by atoms with Crippen molar-refractivity contribution in [3.05, 3.63) is 53.2 Å². The van der Waals surface area contributed by atoms with Gasteiger partial charge in [-0.1, -0.05) is 31.2 Å². The quantitative estimate of drug-likeness (QED) is 0.876. The van der Waals surface area contributed by atoms with Crippen LogP contribution in [0.25, 0.3) is 0 Å². The Bertz CT molecular complexity index is 533. The monoisotopic (exact) mass is 242 g/mol. The summed E-state index contributed by atoms with van der Waals surface area (Å²) in [5, 5.41) is 3.43. The normalized spacial score (nSPS) is 17.3. The molecule has 0 saturated carbocycles. The molecule has 0 amide bonds. The summed E-state index contributed by atoms with van der Waals surface area (Å²) in [7, 11) is 0. The van der Waals surface area contributed by atoms with Crippen LogP contribution in [0, 0.1) is 0 Å². The third-order valence-corrected chi connectivity index (χ3v) is 3.58. The molecular formula is C15H18N2O. The Balaban J connectivity index is 1.49. The summed E-state index contributed by atoms with van der Waals surface area (Å²) < 4.78 is 5.56. The number of hydrogen-bond acceptors (Lipinski definition) is 3. The number of hydrogen-bond donors (Lipinski definition) is 1. The summed E-state index contributed by atoms with van der Waals surface area (Å²) in [6, 6.07) is 8.67. The second-order valence-corrected chi connectivity index (χ2v) is 4.80. The fourth-order valence-corrected chi connectivity index (χ4v) is 2.49. The van der Waals surface area contributed by atoms with E-state index in [0.717, 1.165) is 31.2 Å². The smallest absolute Gasteiger partial charge is 0.208 e. The van der Waals surface area contributed by atoms with Gasteiger partial charge in [-0.25, -0.2) is 4.98 Å². The van der Waals surface area contributed by atoms with E-state index in [0.29, 0.717) is 5.92 Å². The van der Waals surface area contributed by atoms with Crippen LogP contribution in [0.3, 0.4) is 0 Å². The molecule has 18 heavy (non-hydrogen) atoms. The third-order valence-electron chi connectivity index (χ3n) is 3.58. The predicted molar refractivity (Wildman–Crippen MR) is 70.5 cm³/mol. The van der Waals surface area contributed by atoms with E-state index in [1.165, 1.54) is 17.5 Å². The lowest BCUT2D eigenvalue weighted by Crippen LogP contribution is -2.28. The van der Waals surface area contributed by atoms with Crippen molar-refractivity contribution in [3.63, 3.8) is 0 Å². The number of aryl methyl sites for hydroxylation is 1. The molecule has 1 atom stereocenters. The van der Waals surface area contributed by atoms with E-state index in [-0.39, 0.29) is 0 Å². The standard InChI is InChI=1S/C15H18N2O/c1-2-13-9-17-15(18-13)10-16-8-12-7-11-5-3-4-6-14(11)12/h3-6,9,12,16H,2,7-8,10H2,1H3. The van der Waals surface area contributed by atoms with E-state index in [4.69, 9.17) is 4.42 Å². The highest BCUT2D eigenvalue weighted by Crippen LogP contribution is 2.33. The molecule has 0 fully saturated rings. The number of nitrogens with one attached hydrogen (secondary N) is 1. The molecule has 2 aromatic rings. The number of aromatic nitrogens is 1. The molecule has 0 aliphatic heterocycles. The first kappa shape index (κ1) is 11.5. The number of oxazole rings is 1. The molecule has 0 bridgehead atoms. The van der Waals surface area contributed by atoms with Gasteiger partial charge in [0.2, 0.25) is 5.89 Å². The van der Waals surface area contributed by atoms with Crippen molar-refractivity contribution in [1.29, 1.82) is 0 Å². The fraction of sp³-hybridized carbons (Fsp3) is 0.400. The Hall–Kier alpha value is -1.61. The van der Waals surface area contributed by atoms with Gasteiger partial charge >= 0.3 is 0 Å². The molecule has 1 aliphatic rings. The van der Waals surface area contributed by atoms with E-state index in [1.54, 1.807) is 0 Å². The van der Waals surface area contributed by atoms with Crippen LogP contribution in [0.5, 0.6) is 0 Å². The summed E-state index contributed by atoms with van der Waals surface area (Å²) in [5.41, 5.74) is 2.99. The number of fused-ring (bicyclic) bond motifs is 1. The molecule has 0 saturated heterocycles. The van der Waals surface area contributed by atoms with Gasteiger partial charge in [0.15, 0.2) is 0 Å². The Morgan fingerprint density at radius 1 is 1.39 bits per heavy atom. The van der Waals surface area contributed by atoms with E-state index < -0.39 is 0 Å². The zero-order valence-electron chi connectivity index (χ0n) is 10.6. The van der Waals surface area contributed by atoms with Crippen molar-refractivity contribution in [2.45, 2.75) is 32.2 Å². The average Bonchev–Trinajstić information content (AvgIpc) is 2.83. The minimum Gasteiger partial charge on any atom is -0.444 e. The van der Waals surface area contributed by atoms with Gasteiger partial charge in [0, 0.05) is 18.9 Å². The molecule has 1 aromatic carbocycles. The molecule has 1 unspecified atom stereocenters. The molecule has 3 rings (SSSR count). The van der Waals surface area contributed by atoms with Crippen molar-refractivity contribution in [1.82, 2.24) is 10.3 Å². The highest BCUT2D eigenvalue weighted by atomic mass is 16.4. The van der Waals surface area contributed by atoms with Crippen LogP contribution in [-0.2, 0) is 19.4 Å². The lowest BCUT2D eigenvalue weighted by Gasteiger charge is -2.30. The summed E-state index contributed by atoms with van der Waals surface area (Å²) in [6.07, 6.45) is 3.91. The maximum absolute atomic E-state index is 5.56. The van der Waals surface area contributed by atoms with Crippen molar-refractivity contribution in [3.8, 4) is 0 Å². The maximum atomic E-state index is 5.56.